The predicted octanol–water partition coefficient (Wildman–Crippen LogP) is 2.23. The molecule has 0 bridgehead atoms. The zero-order valence-corrected chi connectivity index (χ0v) is 12.6. The van der Waals surface area contributed by atoms with Crippen molar-refractivity contribution >= 4 is 28.9 Å². The topological polar surface area (TPSA) is 72.9 Å². The van der Waals surface area contributed by atoms with Gasteiger partial charge in [0.2, 0.25) is 0 Å². The molecule has 1 aliphatic rings. The number of imidazole rings is 1. The molecule has 20 heavy (non-hydrogen) atoms. The number of hydrogen-bond donors (Lipinski definition) is 1. The van der Waals surface area contributed by atoms with Crippen molar-refractivity contribution in [2.24, 2.45) is 13.0 Å². The van der Waals surface area contributed by atoms with Crippen LogP contribution in [0.5, 0.6) is 0 Å². The summed E-state index contributed by atoms with van der Waals surface area (Å²) in [5.41, 5.74) is 2.79. The number of aryl methyl sites for hydroxylation is 2. The fourth-order valence-corrected chi connectivity index (χ4v) is 3.69. The van der Waals surface area contributed by atoms with Gasteiger partial charge in [-0.3, -0.25) is 9.48 Å². The molecule has 6 nitrogen and oxygen atoms in total. The van der Waals surface area contributed by atoms with Crippen LogP contribution in [-0.2, 0) is 11.8 Å². The summed E-state index contributed by atoms with van der Waals surface area (Å²) in [6.45, 7) is 4.18. The van der Waals surface area contributed by atoms with Crippen LogP contribution in [0.25, 0.3) is 11.2 Å². The van der Waals surface area contributed by atoms with Gasteiger partial charge in [0.15, 0.2) is 10.8 Å². The zero-order chi connectivity index (χ0) is 14.4. The molecule has 7 heteroatoms. The van der Waals surface area contributed by atoms with Crippen molar-refractivity contribution in [1.29, 1.82) is 0 Å². The second-order valence-corrected chi connectivity index (χ2v) is 6.50. The number of aromatic nitrogens is 4. The Bertz CT molecular complexity index is 670. The maximum atomic E-state index is 10.8. The van der Waals surface area contributed by atoms with Crippen LogP contribution in [0.2, 0.25) is 0 Å². The molecule has 2 heterocycles. The molecule has 1 N–H and O–H groups in total. The lowest BCUT2D eigenvalue weighted by Gasteiger charge is -2.34. The summed E-state index contributed by atoms with van der Waals surface area (Å²) in [5.74, 6) is -0.0486. The summed E-state index contributed by atoms with van der Waals surface area (Å²) in [6, 6.07) is 0.418. The normalized spacial score (nSPS) is 22.1. The minimum Gasteiger partial charge on any atom is -0.481 e. The van der Waals surface area contributed by atoms with Crippen LogP contribution in [0.3, 0.4) is 0 Å². The van der Waals surface area contributed by atoms with Gasteiger partial charge in [0.25, 0.3) is 0 Å². The average molecular weight is 294 g/mol. The molecule has 0 saturated heterocycles. The highest BCUT2D eigenvalue weighted by Crippen LogP contribution is 2.42. The van der Waals surface area contributed by atoms with Crippen LogP contribution in [0.15, 0.2) is 5.16 Å². The van der Waals surface area contributed by atoms with Crippen LogP contribution in [-0.4, -0.2) is 36.2 Å². The minimum atomic E-state index is -0.814. The quantitative estimate of drug-likeness (QED) is 0.875. The Morgan fingerprint density at radius 3 is 2.80 bits per heavy atom. The maximum absolute atomic E-state index is 10.8. The fourth-order valence-electron chi connectivity index (χ4n) is 2.90. The molecule has 0 radical (unpaired) electrons. The highest BCUT2D eigenvalue weighted by Gasteiger charge is 2.32. The van der Waals surface area contributed by atoms with Crippen molar-refractivity contribution in [3.05, 3.63) is 5.69 Å². The van der Waals surface area contributed by atoms with Crippen LogP contribution in [0.4, 0.5) is 0 Å². The van der Waals surface area contributed by atoms with Gasteiger partial charge in [-0.25, -0.2) is 4.98 Å². The second kappa shape index (κ2) is 4.80. The Balaban J connectivity index is 2.05. The van der Waals surface area contributed by atoms with Crippen molar-refractivity contribution in [2.45, 2.75) is 37.9 Å². The second-order valence-electron chi connectivity index (χ2n) is 5.56. The van der Waals surface area contributed by atoms with Crippen molar-refractivity contribution in [3.8, 4) is 0 Å². The average Bonchev–Trinajstić information content (AvgIpc) is 2.82. The monoisotopic (exact) mass is 294 g/mol. The van der Waals surface area contributed by atoms with Crippen LogP contribution >= 0.6 is 11.8 Å². The Hall–Kier alpha value is -1.50. The highest BCUT2D eigenvalue weighted by molar-refractivity contribution is 7.99. The van der Waals surface area contributed by atoms with Gasteiger partial charge in [-0.15, -0.1) is 0 Å². The number of nitrogens with zero attached hydrogens (tertiary/aromatic N) is 4. The lowest BCUT2D eigenvalue weighted by molar-refractivity contribution is -0.133. The Kier molecular flexibility index (Phi) is 3.24. The molecule has 2 aromatic heterocycles. The minimum absolute atomic E-state index is 0.0398. The lowest BCUT2D eigenvalue weighted by Crippen LogP contribution is -2.26. The van der Waals surface area contributed by atoms with Gasteiger partial charge in [-0.2, -0.15) is 5.10 Å². The third kappa shape index (κ3) is 2.09. The maximum Gasteiger partial charge on any atom is 0.313 e. The summed E-state index contributed by atoms with van der Waals surface area (Å²) < 4.78 is 4.04. The van der Waals surface area contributed by atoms with Gasteiger partial charge in [-0.05, 0) is 25.7 Å². The summed E-state index contributed by atoms with van der Waals surface area (Å²) in [5, 5.41) is 14.1. The molecule has 2 aromatic rings. The Morgan fingerprint density at radius 1 is 1.50 bits per heavy atom. The van der Waals surface area contributed by atoms with Crippen molar-refractivity contribution in [2.75, 3.05) is 5.75 Å². The summed E-state index contributed by atoms with van der Waals surface area (Å²) in [6.07, 6.45) is 2.24. The fraction of sp³-hybridized carbons (Fsp3) is 0.615. The van der Waals surface area contributed by atoms with E-state index in [-0.39, 0.29) is 5.75 Å². The standard InChI is InChI=1S/C13H18N4O2S/c1-7-4-9(5-7)17-12-11(8(2)15-16(12)3)14-13(17)20-6-10(18)19/h7,9H,4-6H2,1-3H3,(H,18,19). The smallest absolute Gasteiger partial charge is 0.313 e. The number of carbonyl (C=O) groups is 1. The molecule has 0 aromatic carbocycles. The Labute approximate surface area is 121 Å². The molecule has 1 fully saturated rings. The van der Waals surface area contributed by atoms with Gasteiger partial charge in [-0.1, -0.05) is 18.7 Å². The van der Waals surface area contributed by atoms with E-state index in [4.69, 9.17) is 5.11 Å². The first-order valence-corrected chi connectivity index (χ1v) is 7.72. The van der Waals surface area contributed by atoms with E-state index in [1.807, 2.05) is 18.7 Å². The van der Waals surface area contributed by atoms with E-state index in [1.54, 1.807) is 0 Å². The number of hydrogen-bond acceptors (Lipinski definition) is 4. The third-order valence-electron chi connectivity index (χ3n) is 3.84. The van der Waals surface area contributed by atoms with E-state index in [9.17, 15) is 4.79 Å². The van der Waals surface area contributed by atoms with Crippen LogP contribution < -0.4 is 0 Å². The SMILES string of the molecule is Cc1nn(C)c2c1nc(SCC(=O)O)n2C1CC(C)C1. The summed E-state index contributed by atoms with van der Waals surface area (Å²) >= 11 is 1.29. The third-order valence-corrected chi connectivity index (χ3v) is 4.78. The number of carboxylic acids is 1. The zero-order valence-electron chi connectivity index (χ0n) is 11.8. The lowest BCUT2D eigenvalue weighted by atomic mass is 9.82. The molecule has 3 rings (SSSR count). The molecular weight excluding hydrogens is 276 g/mol. The molecule has 0 amide bonds. The first-order valence-electron chi connectivity index (χ1n) is 6.73. The molecule has 0 spiro atoms. The van der Waals surface area contributed by atoms with E-state index >= 15 is 0 Å². The van der Waals surface area contributed by atoms with Crippen LogP contribution in [0, 0.1) is 12.8 Å². The molecular formula is C13H18N4O2S. The first kappa shape index (κ1) is 13.5. The van der Waals surface area contributed by atoms with Gasteiger partial charge in [0, 0.05) is 13.1 Å². The van der Waals surface area contributed by atoms with Crippen molar-refractivity contribution in [1.82, 2.24) is 19.3 Å². The summed E-state index contributed by atoms with van der Waals surface area (Å²) in [7, 11) is 1.92. The number of carboxylic acid groups (broad SMARTS) is 1. The number of thioether (sulfide) groups is 1. The molecule has 1 aliphatic carbocycles. The highest BCUT2D eigenvalue weighted by atomic mass is 32.2. The van der Waals surface area contributed by atoms with Crippen molar-refractivity contribution in [3.63, 3.8) is 0 Å². The first-order chi connectivity index (χ1) is 9.47. The van der Waals surface area contributed by atoms with E-state index in [0.29, 0.717) is 6.04 Å². The number of aliphatic carboxylic acids is 1. The van der Waals surface area contributed by atoms with Gasteiger partial charge < -0.3 is 9.67 Å². The predicted molar refractivity (Wildman–Crippen MR) is 77.0 cm³/mol. The largest absolute Gasteiger partial charge is 0.481 e. The van der Waals surface area contributed by atoms with E-state index < -0.39 is 5.97 Å². The van der Waals surface area contributed by atoms with E-state index in [2.05, 4.69) is 21.6 Å². The Morgan fingerprint density at radius 2 is 2.20 bits per heavy atom. The number of rotatable bonds is 4. The van der Waals surface area contributed by atoms with Gasteiger partial charge in [0.05, 0.1) is 11.4 Å². The molecule has 0 unspecified atom stereocenters. The van der Waals surface area contributed by atoms with Gasteiger partial charge in [0.1, 0.15) is 5.52 Å². The molecule has 108 valence electrons. The molecule has 0 atom stereocenters. The molecule has 0 aliphatic heterocycles. The number of fused-ring (bicyclic) bond motifs is 1. The van der Waals surface area contributed by atoms with Crippen LogP contribution in [0.1, 0.15) is 31.5 Å². The van der Waals surface area contributed by atoms with Gasteiger partial charge >= 0.3 is 5.97 Å². The van der Waals surface area contributed by atoms with Crippen molar-refractivity contribution < 1.29 is 9.90 Å². The van der Waals surface area contributed by atoms with E-state index in [0.717, 1.165) is 40.8 Å². The molecule has 1 saturated carbocycles. The van der Waals surface area contributed by atoms with E-state index in [1.165, 1.54) is 11.8 Å². The summed E-state index contributed by atoms with van der Waals surface area (Å²) in [4.78, 5) is 15.4.